The Morgan fingerprint density at radius 3 is 2.83 bits per heavy atom. The monoisotopic (exact) mass is 477 g/mol. The van der Waals surface area contributed by atoms with Crippen molar-refractivity contribution in [3.8, 4) is 11.8 Å². The van der Waals surface area contributed by atoms with Gasteiger partial charge in [-0.3, -0.25) is 4.79 Å². The molecule has 0 unspecified atom stereocenters. The van der Waals surface area contributed by atoms with E-state index in [1.165, 1.54) is 29.6 Å². The van der Waals surface area contributed by atoms with Crippen LogP contribution in [0.1, 0.15) is 37.0 Å². The number of anilines is 1. The molecule has 0 saturated carbocycles. The molecular formula is C26H28FN5O3. The van der Waals surface area contributed by atoms with Gasteiger partial charge in [-0.2, -0.15) is 4.39 Å². The van der Waals surface area contributed by atoms with Crippen molar-refractivity contribution in [2.45, 2.75) is 44.8 Å². The molecule has 1 aromatic carbocycles. The number of hydrogen-bond acceptors (Lipinski definition) is 5. The number of rotatable bonds is 4. The molecule has 1 aliphatic rings. The highest BCUT2D eigenvalue weighted by molar-refractivity contribution is 6.01. The Kier molecular flexibility index (Phi) is 7.99. The Balaban J connectivity index is 1.67. The van der Waals surface area contributed by atoms with Crippen molar-refractivity contribution in [1.29, 1.82) is 0 Å². The van der Waals surface area contributed by atoms with Crippen molar-refractivity contribution >= 4 is 23.8 Å². The number of aryl methyl sites for hydroxylation is 1. The number of fused-ring (bicyclic) bond motifs is 1. The van der Waals surface area contributed by atoms with Crippen molar-refractivity contribution in [3.05, 3.63) is 70.9 Å². The standard InChI is InChI=1S/C26H28FN5O3/c1-26(2,35)11-10-17-4-6-20-7-8-21(24(33)32(3)22(20)13-17)31-25(34)30-16-19(14-28)12-18-5-9-23(27)29-15-18/h4-6,9,13-16,21,35H,7-8,12,28H2,1-3H3,(H,31,34)/t21-/m1/s1. The molecule has 2 aromatic rings. The summed E-state index contributed by atoms with van der Waals surface area (Å²) in [4.78, 5) is 34.5. The molecule has 0 spiro atoms. The highest BCUT2D eigenvalue weighted by Gasteiger charge is 2.29. The van der Waals surface area contributed by atoms with E-state index in [-0.39, 0.29) is 5.91 Å². The number of carbonyl (C=O) groups is 2. The van der Waals surface area contributed by atoms with Gasteiger partial charge in [-0.1, -0.05) is 24.0 Å². The highest BCUT2D eigenvalue weighted by atomic mass is 19.1. The van der Waals surface area contributed by atoms with Crippen LogP contribution in [0.25, 0.3) is 0 Å². The SMILES string of the molecule is CN1C(=O)[C@H](NC(=O)N=CC(=CN)Cc2ccc(F)nc2)CCc2ccc(C#CC(C)(C)O)cc21. The fourth-order valence-electron chi connectivity index (χ4n) is 3.52. The number of amides is 3. The Morgan fingerprint density at radius 2 is 2.17 bits per heavy atom. The largest absolute Gasteiger partial charge is 0.404 e. The maximum atomic E-state index is 13.0. The predicted molar refractivity (Wildman–Crippen MR) is 132 cm³/mol. The zero-order valence-corrected chi connectivity index (χ0v) is 19.9. The van der Waals surface area contributed by atoms with Crippen molar-refractivity contribution in [2.75, 3.05) is 11.9 Å². The number of nitrogens with zero attached hydrogens (tertiary/aromatic N) is 3. The van der Waals surface area contributed by atoms with Crippen molar-refractivity contribution in [3.63, 3.8) is 0 Å². The zero-order valence-electron chi connectivity index (χ0n) is 19.9. The molecule has 182 valence electrons. The van der Waals surface area contributed by atoms with Gasteiger partial charge >= 0.3 is 6.03 Å². The molecule has 3 rings (SSSR count). The average molecular weight is 478 g/mol. The molecule has 2 heterocycles. The maximum Gasteiger partial charge on any atom is 0.341 e. The molecule has 0 fully saturated rings. The molecule has 3 amide bonds. The third-order valence-corrected chi connectivity index (χ3v) is 5.35. The number of aliphatic hydroxyl groups is 1. The van der Waals surface area contributed by atoms with E-state index in [1.54, 1.807) is 33.0 Å². The number of nitrogens with two attached hydrogens (primary N) is 1. The van der Waals surface area contributed by atoms with Gasteiger partial charge in [-0.25, -0.2) is 14.8 Å². The van der Waals surface area contributed by atoms with E-state index in [1.807, 2.05) is 12.1 Å². The molecule has 35 heavy (non-hydrogen) atoms. The summed E-state index contributed by atoms with van der Waals surface area (Å²) in [6, 6.07) is 6.93. The van der Waals surface area contributed by atoms with Crippen LogP contribution in [0.3, 0.4) is 0 Å². The first-order valence-corrected chi connectivity index (χ1v) is 11.1. The summed E-state index contributed by atoms with van der Waals surface area (Å²) in [7, 11) is 1.65. The Labute approximate surface area is 203 Å². The smallest absolute Gasteiger partial charge is 0.341 e. The van der Waals surface area contributed by atoms with E-state index in [0.29, 0.717) is 41.6 Å². The fraction of sp³-hybridized carbons (Fsp3) is 0.308. The van der Waals surface area contributed by atoms with Gasteiger partial charge in [-0.05, 0) is 67.8 Å². The van der Waals surface area contributed by atoms with Crippen molar-refractivity contribution < 1.29 is 19.1 Å². The lowest BCUT2D eigenvalue weighted by Gasteiger charge is -2.21. The highest BCUT2D eigenvalue weighted by Crippen LogP contribution is 2.27. The van der Waals surface area contributed by atoms with Crippen LogP contribution in [0, 0.1) is 17.8 Å². The summed E-state index contributed by atoms with van der Waals surface area (Å²) < 4.78 is 13.0. The number of pyridine rings is 1. The first-order chi connectivity index (χ1) is 16.6. The van der Waals surface area contributed by atoms with Gasteiger partial charge in [0.05, 0.1) is 0 Å². The number of allylic oxidation sites excluding steroid dienone is 1. The van der Waals surface area contributed by atoms with E-state index < -0.39 is 23.6 Å². The van der Waals surface area contributed by atoms with E-state index in [0.717, 1.165) is 5.56 Å². The number of halogens is 1. The minimum Gasteiger partial charge on any atom is -0.404 e. The van der Waals surface area contributed by atoms with Gasteiger partial charge in [-0.15, -0.1) is 0 Å². The molecule has 0 saturated heterocycles. The molecule has 0 bridgehead atoms. The second kappa shape index (κ2) is 10.9. The quantitative estimate of drug-likeness (QED) is 0.355. The topological polar surface area (TPSA) is 121 Å². The van der Waals surface area contributed by atoms with E-state index in [2.05, 4.69) is 27.1 Å². The molecular weight excluding hydrogens is 449 g/mol. The van der Waals surface area contributed by atoms with Gasteiger partial charge in [0.1, 0.15) is 11.6 Å². The number of nitrogens with one attached hydrogen (secondary N) is 1. The van der Waals surface area contributed by atoms with Crippen LogP contribution in [-0.4, -0.2) is 46.9 Å². The van der Waals surface area contributed by atoms with Crippen molar-refractivity contribution in [1.82, 2.24) is 10.3 Å². The third-order valence-electron chi connectivity index (χ3n) is 5.35. The predicted octanol–water partition coefficient (Wildman–Crippen LogP) is 2.49. The summed E-state index contributed by atoms with van der Waals surface area (Å²) in [5, 5.41) is 12.5. The lowest BCUT2D eigenvalue weighted by Crippen LogP contribution is -2.46. The summed E-state index contributed by atoms with van der Waals surface area (Å²) in [5.74, 6) is 4.83. The van der Waals surface area contributed by atoms with E-state index >= 15 is 0 Å². The van der Waals surface area contributed by atoms with Crippen LogP contribution in [0.15, 0.2) is 53.3 Å². The molecule has 1 atom stereocenters. The average Bonchev–Trinajstić information content (AvgIpc) is 2.93. The van der Waals surface area contributed by atoms with Gasteiger partial charge in [0.15, 0.2) is 0 Å². The van der Waals surface area contributed by atoms with Crippen LogP contribution in [0.5, 0.6) is 0 Å². The lowest BCUT2D eigenvalue weighted by atomic mass is 10.0. The van der Waals surface area contributed by atoms with Crippen LogP contribution in [0.2, 0.25) is 0 Å². The third kappa shape index (κ3) is 7.22. The molecule has 1 aliphatic heterocycles. The normalized spacial score (nSPS) is 16.4. The summed E-state index contributed by atoms with van der Waals surface area (Å²) in [5.41, 5.74) is 8.08. The van der Waals surface area contributed by atoms with Crippen molar-refractivity contribution in [2.24, 2.45) is 10.7 Å². The molecule has 9 heteroatoms. The number of benzene rings is 1. The molecule has 0 aliphatic carbocycles. The number of carbonyl (C=O) groups excluding carboxylic acids is 2. The summed E-state index contributed by atoms with van der Waals surface area (Å²) in [6.45, 7) is 3.20. The Bertz CT molecular complexity index is 1220. The number of likely N-dealkylation sites (N-methyl/N-ethyl adjacent to an activating group) is 1. The summed E-state index contributed by atoms with van der Waals surface area (Å²) >= 11 is 0. The minimum atomic E-state index is -1.13. The number of aliphatic imine (C=N–C) groups is 1. The van der Waals surface area contributed by atoms with Gasteiger partial charge in [0, 0.05) is 37.1 Å². The number of aromatic nitrogens is 1. The number of hydrogen-bond donors (Lipinski definition) is 3. The molecule has 1 aromatic heterocycles. The second-order valence-corrected chi connectivity index (χ2v) is 8.76. The van der Waals surface area contributed by atoms with Crippen LogP contribution >= 0.6 is 0 Å². The maximum absolute atomic E-state index is 13.0. The van der Waals surface area contributed by atoms with Crippen LogP contribution in [-0.2, 0) is 17.6 Å². The van der Waals surface area contributed by atoms with Crippen LogP contribution in [0.4, 0.5) is 14.9 Å². The first-order valence-electron chi connectivity index (χ1n) is 11.1. The van der Waals surface area contributed by atoms with Gasteiger partial charge < -0.3 is 21.1 Å². The molecule has 0 radical (unpaired) electrons. The van der Waals surface area contributed by atoms with Gasteiger partial charge in [0.2, 0.25) is 11.9 Å². The van der Waals surface area contributed by atoms with E-state index in [4.69, 9.17) is 5.73 Å². The van der Waals surface area contributed by atoms with E-state index in [9.17, 15) is 19.1 Å². The molecule has 8 nitrogen and oxygen atoms in total. The minimum absolute atomic E-state index is 0.271. The van der Waals surface area contributed by atoms with Crippen LogP contribution < -0.4 is 16.0 Å². The first kappa shape index (κ1) is 25.6. The molecule has 4 N–H and O–H groups in total. The number of urea groups is 1. The lowest BCUT2D eigenvalue weighted by molar-refractivity contribution is -0.120. The Morgan fingerprint density at radius 1 is 1.40 bits per heavy atom. The summed E-state index contributed by atoms with van der Waals surface area (Å²) in [6.07, 6.45) is 5.30. The van der Waals surface area contributed by atoms with Gasteiger partial charge in [0.25, 0.3) is 0 Å². The fourth-order valence-corrected chi connectivity index (χ4v) is 3.52. The zero-order chi connectivity index (χ0) is 25.6. The second-order valence-electron chi connectivity index (χ2n) is 8.76. The Hall–Kier alpha value is -4.03.